The molecule has 0 aliphatic heterocycles. The number of nitrogens with one attached hydrogen (secondary N) is 2. The zero-order valence-corrected chi connectivity index (χ0v) is 15.8. The number of halogens is 1. The number of pyridine rings is 1. The minimum Gasteiger partial charge on any atom is -0.358 e. The van der Waals surface area contributed by atoms with Gasteiger partial charge in [0.15, 0.2) is 11.5 Å². The molecule has 0 fully saturated rings. The topological polar surface area (TPSA) is 88.9 Å². The predicted octanol–water partition coefficient (Wildman–Crippen LogP) is 2.60. The van der Waals surface area contributed by atoms with Crippen molar-refractivity contribution in [1.29, 1.82) is 0 Å². The van der Waals surface area contributed by atoms with Crippen LogP contribution in [0.25, 0.3) is 11.2 Å². The third-order valence-corrected chi connectivity index (χ3v) is 4.49. The summed E-state index contributed by atoms with van der Waals surface area (Å²) in [5, 5.41) is 5.61. The van der Waals surface area contributed by atoms with Crippen LogP contribution in [0, 0.1) is 0 Å². The van der Waals surface area contributed by atoms with Crippen LogP contribution in [-0.2, 0) is 4.79 Å². The smallest absolute Gasteiger partial charge is 0.295 e. The van der Waals surface area contributed by atoms with E-state index in [1.165, 1.54) is 7.05 Å². The summed E-state index contributed by atoms with van der Waals surface area (Å²) >= 11 is 6.08. The number of carbonyl (C=O) groups excluding carboxylic acids is 1. The fourth-order valence-corrected chi connectivity index (χ4v) is 3.10. The van der Waals surface area contributed by atoms with Gasteiger partial charge in [0.05, 0.1) is 12.6 Å². The van der Waals surface area contributed by atoms with E-state index in [0.29, 0.717) is 17.6 Å². The fraction of sp³-hybridized carbons (Fsp3) is 0.263. The number of hydrogen-bond acceptors (Lipinski definition) is 5. The molecular weight excluding hydrogens is 366 g/mol. The van der Waals surface area contributed by atoms with Crippen molar-refractivity contribution in [2.75, 3.05) is 18.9 Å². The Labute approximate surface area is 161 Å². The quantitative estimate of drug-likeness (QED) is 0.637. The lowest BCUT2D eigenvalue weighted by Crippen LogP contribution is -2.33. The van der Waals surface area contributed by atoms with Crippen molar-refractivity contribution in [2.45, 2.75) is 19.4 Å². The minimum absolute atomic E-state index is 0.0482. The van der Waals surface area contributed by atoms with Crippen molar-refractivity contribution >= 4 is 34.5 Å². The van der Waals surface area contributed by atoms with E-state index in [9.17, 15) is 9.59 Å². The standard InChI is InChI=1S/C19H20ClN5O2/c1-3-14(12-7-5-4-6-8-12)25-18-13(9-10-15(20)24-18)23-17(19(25)27)22-11-16(26)21-2/h4-10,14H,3,11H2,1-2H3,(H,21,26)(H,22,23)/t14-/m0/s1. The lowest BCUT2D eigenvalue weighted by molar-refractivity contribution is -0.118. The number of aromatic nitrogens is 3. The monoisotopic (exact) mass is 385 g/mol. The van der Waals surface area contributed by atoms with Crippen molar-refractivity contribution < 1.29 is 4.79 Å². The molecule has 0 spiro atoms. The van der Waals surface area contributed by atoms with Crippen molar-refractivity contribution in [3.8, 4) is 0 Å². The maximum atomic E-state index is 13.2. The molecule has 0 saturated carbocycles. The van der Waals surface area contributed by atoms with Crippen LogP contribution >= 0.6 is 11.6 Å². The molecule has 3 rings (SSSR count). The Morgan fingerprint density at radius 2 is 1.93 bits per heavy atom. The maximum absolute atomic E-state index is 13.2. The van der Waals surface area contributed by atoms with Crippen LogP contribution in [0.5, 0.6) is 0 Å². The van der Waals surface area contributed by atoms with Crippen LogP contribution < -0.4 is 16.2 Å². The van der Waals surface area contributed by atoms with Gasteiger partial charge in [0.2, 0.25) is 5.91 Å². The number of benzene rings is 1. The van der Waals surface area contributed by atoms with E-state index in [1.807, 2.05) is 37.3 Å². The number of fused-ring (bicyclic) bond motifs is 1. The van der Waals surface area contributed by atoms with E-state index in [4.69, 9.17) is 11.6 Å². The second-order valence-corrected chi connectivity index (χ2v) is 6.36. The third kappa shape index (κ3) is 3.93. The van der Waals surface area contributed by atoms with E-state index in [1.54, 1.807) is 16.7 Å². The normalized spacial score (nSPS) is 12.0. The van der Waals surface area contributed by atoms with Gasteiger partial charge < -0.3 is 10.6 Å². The first-order chi connectivity index (χ1) is 13.0. The molecule has 0 bridgehead atoms. The van der Waals surface area contributed by atoms with Gasteiger partial charge in [-0.3, -0.25) is 14.2 Å². The largest absolute Gasteiger partial charge is 0.358 e. The number of anilines is 1. The van der Waals surface area contributed by atoms with E-state index < -0.39 is 0 Å². The number of amides is 1. The molecule has 0 saturated heterocycles. The molecule has 27 heavy (non-hydrogen) atoms. The molecule has 0 unspecified atom stereocenters. The first-order valence-corrected chi connectivity index (χ1v) is 9.01. The van der Waals surface area contributed by atoms with Crippen LogP contribution in [0.4, 0.5) is 5.82 Å². The summed E-state index contributed by atoms with van der Waals surface area (Å²) in [7, 11) is 1.53. The van der Waals surface area contributed by atoms with Gasteiger partial charge in [-0.1, -0.05) is 48.9 Å². The Morgan fingerprint density at radius 3 is 2.59 bits per heavy atom. The number of hydrogen-bond donors (Lipinski definition) is 2. The molecule has 1 aromatic carbocycles. The number of nitrogens with zero attached hydrogens (tertiary/aromatic N) is 3. The first-order valence-electron chi connectivity index (χ1n) is 8.63. The molecule has 1 amide bonds. The number of rotatable bonds is 6. The molecule has 8 heteroatoms. The number of carbonyl (C=O) groups is 1. The Balaban J connectivity index is 2.21. The van der Waals surface area contributed by atoms with Gasteiger partial charge in [-0.2, -0.15) is 0 Å². The lowest BCUT2D eigenvalue weighted by atomic mass is 10.0. The average Bonchev–Trinajstić information content (AvgIpc) is 2.69. The van der Waals surface area contributed by atoms with E-state index >= 15 is 0 Å². The highest BCUT2D eigenvalue weighted by Crippen LogP contribution is 2.25. The molecule has 7 nitrogen and oxygen atoms in total. The zero-order valence-electron chi connectivity index (χ0n) is 15.1. The van der Waals surface area contributed by atoms with E-state index in [0.717, 1.165) is 5.56 Å². The number of likely N-dealkylation sites (N-methyl/N-ethyl adjacent to an activating group) is 1. The molecule has 0 aliphatic rings. The molecule has 1 atom stereocenters. The second-order valence-electron chi connectivity index (χ2n) is 5.97. The Bertz CT molecular complexity index is 1020. The van der Waals surface area contributed by atoms with Crippen molar-refractivity contribution in [3.63, 3.8) is 0 Å². The zero-order chi connectivity index (χ0) is 19.4. The first kappa shape index (κ1) is 18.8. The van der Waals surface area contributed by atoms with Gasteiger partial charge in [-0.15, -0.1) is 0 Å². The summed E-state index contributed by atoms with van der Waals surface area (Å²) in [6.45, 7) is 1.95. The molecule has 3 aromatic rings. The highest BCUT2D eigenvalue weighted by Gasteiger charge is 2.20. The SMILES string of the molecule is CC[C@@H](c1ccccc1)n1c(=O)c(NCC(=O)NC)nc2ccc(Cl)nc21. The maximum Gasteiger partial charge on any atom is 0.295 e. The molecule has 2 heterocycles. The summed E-state index contributed by atoms with van der Waals surface area (Å²) < 4.78 is 1.59. The van der Waals surface area contributed by atoms with Gasteiger partial charge in [-0.25, -0.2) is 9.97 Å². The molecule has 0 radical (unpaired) electrons. The van der Waals surface area contributed by atoms with Gasteiger partial charge in [0, 0.05) is 7.05 Å². The van der Waals surface area contributed by atoms with Crippen molar-refractivity contribution in [3.05, 3.63) is 63.5 Å². The highest BCUT2D eigenvalue weighted by atomic mass is 35.5. The van der Waals surface area contributed by atoms with Gasteiger partial charge in [0.25, 0.3) is 5.56 Å². The molecule has 2 aromatic heterocycles. The van der Waals surface area contributed by atoms with Crippen LogP contribution in [0.15, 0.2) is 47.3 Å². The Morgan fingerprint density at radius 1 is 1.19 bits per heavy atom. The molecule has 2 N–H and O–H groups in total. The van der Waals surface area contributed by atoms with E-state index in [-0.39, 0.29) is 35.0 Å². The average molecular weight is 386 g/mol. The highest BCUT2D eigenvalue weighted by molar-refractivity contribution is 6.29. The molecule has 140 valence electrons. The summed E-state index contributed by atoms with van der Waals surface area (Å²) in [4.78, 5) is 33.4. The summed E-state index contributed by atoms with van der Waals surface area (Å²) in [6.07, 6.45) is 0.673. The van der Waals surface area contributed by atoms with Gasteiger partial charge in [0.1, 0.15) is 10.7 Å². The Kier molecular flexibility index (Phi) is 5.71. The van der Waals surface area contributed by atoms with Crippen LogP contribution in [-0.4, -0.2) is 34.0 Å². The predicted molar refractivity (Wildman–Crippen MR) is 106 cm³/mol. The van der Waals surface area contributed by atoms with Crippen LogP contribution in [0.3, 0.4) is 0 Å². The summed E-state index contributed by atoms with van der Waals surface area (Å²) in [6, 6.07) is 12.8. The van der Waals surface area contributed by atoms with Crippen LogP contribution in [0.1, 0.15) is 24.9 Å². The fourth-order valence-electron chi connectivity index (χ4n) is 2.96. The molecular formula is C19H20ClN5O2. The van der Waals surface area contributed by atoms with Crippen LogP contribution in [0.2, 0.25) is 5.15 Å². The Hall–Kier alpha value is -2.93. The van der Waals surface area contributed by atoms with Gasteiger partial charge in [-0.05, 0) is 24.1 Å². The summed E-state index contributed by atoms with van der Waals surface area (Å²) in [5.41, 5.74) is 1.56. The lowest BCUT2D eigenvalue weighted by Gasteiger charge is -2.21. The van der Waals surface area contributed by atoms with Gasteiger partial charge >= 0.3 is 0 Å². The van der Waals surface area contributed by atoms with E-state index in [2.05, 4.69) is 20.6 Å². The minimum atomic E-state index is -0.350. The van der Waals surface area contributed by atoms with Crippen molar-refractivity contribution in [2.24, 2.45) is 0 Å². The van der Waals surface area contributed by atoms with Crippen molar-refractivity contribution in [1.82, 2.24) is 19.9 Å². The molecule has 0 aliphatic carbocycles. The second kappa shape index (κ2) is 8.18. The third-order valence-electron chi connectivity index (χ3n) is 4.28. The summed E-state index contributed by atoms with van der Waals surface area (Å²) in [5.74, 6) is -0.142.